The third kappa shape index (κ3) is 8.71. The highest BCUT2D eigenvalue weighted by atomic mass is 16.6. The summed E-state index contributed by atoms with van der Waals surface area (Å²) in [4.78, 5) is 11.5. The predicted octanol–water partition coefficient (Wildman–Crippen LogP) is 2.91. The molecule has 0 atom stereocenters. The molecule has 0 saturated heterocycles. The van der Waals surface area contributed by atoms with Gasteiger partial charge in [0.05, 0.1) is 24.4 Å². The van der Waals surface area contributed by atoms with E-state index in [-0.39, 0.29) is 23.6 Å². The van der Waals surface area contributed by atoms with Crippen molar-refractivity contribution in [1.29, 1.82) is 0 Å². The molecule has 0 unspecified atom stereocenters. The van der Waals surface area contributed by atoms with E-state index in [1.54, 1.807) is 0 Å². The molecule has 5 nitrogen and oxygen atoms in total. The molecule has 2 N–H and O–H groups in total. The lowest BCUT2D eigenvalue weighted by Gasteiger charge is -2.39. The minimum absolute atomic E-state index is 0.0414. The van der Waals surface area contributed by atoms with Crippen LogP contribution in [-0.2, 0) is 19.0 Å². The van der Waals surface area contributed by atoms with Crippen molar-refractivity contribution in [2.45, 2.75) is 72.5 Å². The van der Waals surface area contributed by atoms with Gasteiger partial charge >= 0.3 is 5.97 Å². The van der Waals surface area contributed by atoms with Crippen molar-refractivity contribution in [3.63, 3.8) is 0 Å². The van der Waals surface area contributed by atoms with Gasteiger partial charge in [0.1, 0.15) is 6.61 Å². The van der Waals surface area contributed by atoms with E-state index in [1.165, 1.54) is 0 Å². The monoisotopic (exact) mass is 317 g/mol. The van der Waals surface area contributed by atoms with Crippen LogP contribution in [0.5, 0.6) is 0 Å². The SMILES string of the molecule is CC(C)(CCOC(C)(C)C(C)(C)C)OCC(=O)OCCCN. The van der Waals surface area contributed by atoms with Crippen molar-refractivity contribution in [3.05, 3.63) is 0 Å². The fourth-order valence-electron chi connectivity index (χ4n) is 1.41. The number of nitrogens with two attached hydrogens (primary N) is 1. The molecular formula is C17H35NO4. The Morgan fingerprint density at radius 1 is 0.955 bits per heavy atom. The van der Waals surface area contributed by atoms with Gasteiger partial charge in [-0.05, 0) is 52.5 Å². The van der Waals surface area contributed by atoms with E-state index in [4.69, 9.17) is 19.9 Å². The zero-order valence-electron chi connectivity index (χ0n) is 15.5. The summed E-state index contributed by atoms with van der Waals surface area (Å²) in [7, 11) is 0. The summed E-state index contributed by atoms with van der Waals surface area (Å²) >= 11 is 0. The molecule has 0 fully saturated rings. The first-order valence-corrected chi connectivity index (χ1v) is 8.05. The third-order valence-corrected chi connectivity index (χ3v) is 4.17. The molecule has 0 amide bonds. The maximum atomic E-state index is 11.5. The molecule has 0 aromatic carbocycles. The molecule has 0 aliphatic heterocycles. The summed E-state index contributed by atoms with van der Waals surface area (Å²) in [6, 6.07) is 0. The van der Waals surface area contributed by atoms with Gasteiger partial charge in [-0.3, -0.25) is 0 Å². The lowest BCUT2D eigenvalue weighted by Crippen LogP contribution is -2.41. The number of hydrogen-bond donors (Lipinski definition) is 1. The number of carbonyl (C=O) groups excluding carboxylic acids is 1. The maximum absolute atomic E-state index is 11.5. The Morgan fingerprint density at radius 3 is 2.05 bits per heavy atom. The lowest BCUT2D eigenvalue weighted by atomic mass is 9.79. The average Bonchev–Trinajstić information content (AvgIpc) is 2.35. The highest BCUT2D eigenvalue weighted by molar-refractivity contribution is 5.70. The van der Waals surface area contributed by atoms with E-state index in [0.717, 1.165) is 0 Å². The number of rotatable bonds is 10. The largest absolute Gasteiger partial charge is 0.464 e. The number of ether oxygens (including phenoxy) is 3. The second kappa shape index (κ2) is 8.85. The van der Waals surface area contributed by atoms with Gasteiger partial charge in [-0.25, -0.2) is 4.79 Å². The molecule has 0 radical (unpaired) electrons. The number of esters is 1. The smallest absolute Gasteiger partial charge is 0.332 e. The summed E-state index contributed by atoms with van der Waals surface area (Å²) in [5, 5.41) is 0. The summed E-state index contributed by atoms with van der Waals surface area (Å²) in [5.41, 5.74) is 4.75. The predicted molar refractivity (Wildman–Crippen MR) is 88.8 cm³/mol. The van der Waals surface area contributed by atoms with Crippen LogP contribution in [-0.4, -0.2) is 43.5 Å². The van der Waals surface area contributed by atoms with E-state index in [9.17, 15) is 4.79 Å². The molecule has 0 rings (SSSR count). The van der Waals surface area contributed by atoms with Crippen molar-refractivity contribution in [2.24, 2.45) is 11.1 Å². The van der Waals surface area contributed by atoms with Gasteiger partial charge in [-0.2, -0.15) is 0 Å². The summed E-state index contributed by atoms with van der Waals surface area (Å²) < 4.78 is 16.6. The van der Waals surface area contributed by atoms with Crippen LogP contribution in [0.25, 0.3) is 0 Å². The van der Waals surface area contributed by atoms with Crippen LogP contribution in [0.15, 0.2) is 0 Å². The van der Waals surface area contributed by atoms with Gasteiger partial charge in [0, 0.05) is 0 Å². The zero-order chi connectivity index (χ0) is 17.4. The quantitative estimate of drug-likeness (QED) is 0.495. The normalized spacial score (nSPS) is 13.3. The summed E-state index contributed by atoms with van der Waals surface area (Å²) in [6.45, 7) is 16.0. The van der Waals surface area contributed by atoms with Crippen molar-refractivity contribution in [1.82, 2.24) is 0 Å². The van der Waals surface area contributed by atoms with Gasteiger partial charge in [-0.1, -0.05) is 20.8 Å². The number of carbonyl (C=O) groups is 1. The minimum Gasteiger partial charge on any atom is -0.464 e. The van der Waals surface area contributed by atoms with Gasteiger partial charge in [0.15, 0.2) is 0 Å². The third-order valence-electron chi connectivity index (χ3n) is 4.17. The Bertz CT molecular complexity index is 332. The molecule has 0 aliphatic carbocycles. The van der Waals surface area contributed by atoms with Crippen LogP contribution in [0.2, 0.25) is 0 Å². The van der Waals surface area contributed by atoms with E-state index >= 15 is 0 Å². The Kier molecular flexibility index (Phi) is 8.58. The lowest BCUT2D eigenvalue weighted by molar-refractivity contribution is -0.157. The average molecular weight is 317 g/mol. The Morgan fingerprint density at radius 2 is 1.55 bits per heavy atom. The van der Waals surface area contributed by atoms with Crippen molar-refractivity contribution < 1.29 is 19.0 Å². The van der Waals surface area contributed by atoms with E-state index in [0.29, 0.717) is 32.6 Å². The Balaban J connectivity index is 4.07. The molecule has 22 heavy (non-hydrogen) atoms. The van der Waals surface area contributed by atoms with Crippen LogP contribution in [0.3, 0.4) is 0 Å². The molecule has 0 heterocycles. The number of hydrogen-bond acceptors (Lipinski definition) is 5. The van der Waals surface area contributed by atoms with Gasteiger partial charge < -0.3 is 19.9 Å². The maximum Gasteiger partial charge on any atom is 0.332 e. The van der Waals surface area contributed by atoms with Crippen LogP contribution < -0.4 is 5.73 Å². The first-order chi connectivity index (χ1) is 9.91. The van der Waals surface area contributed by atoms with Crippen LogP contribution >= 0.6 is 0 Å². The van der Waals surface area contributed by atoms with Crippen molar-refractivity contribution >= 4 is 5.97 Å². The minimum atomic E-state index is -0.430. The molecule has 5 heteroatoms. The summed E-state index contributed by atoms with van der Waals surface area (Å²) in [6.07, 6.45) is 1.38. The Hall–Kier alpha value is -0.650. The van der Waals surface area contributed by atoms with Gasteiger partial charge in [-0.15, -0.1) is 0 Å². The van der Waals surface area contributed by atoms with E-state index in [1.807, 2.05) is 13.8 Å². The molecule has 0 aromatic rings. The first-order valence-electron chi connectivity index (χ1n) is 8.05. The molecule has 0 aromatic heterocycles. The van der Waals surface area contributed by atoms with Crippen molar-refractivity contribution in [3.8, 4) is 0 Å². The second-order valence-corrected chi connectivity index (χ2v) is 7.77. The highest BCUT2D eigenvalue weighted by Crippen LogP contribution is 2.33. The fraction of sp³-hybridized carbons (Fsp3) is 0.941. The second-order valence-electron chi connectivity index (χ2n) is 7.77. The zero-order valence-corrected chi connectivity index (χ0v) is 15.5. The molecular weight excluding hydrogens is 282 g/mol. The van der Waals surface area contributed by atoms with Crippen LogP contribution in [0.4, 0.5) is 0 Å². The fourth-order valence-corrected chi connectivity index (χ4v) is 1.41. The van der Waals surface area contributed by atoms with Crippen LogP contribution in [0.1, 0.15) is 61.3 Å². The topological polar surface area (TPSA) is 70.8 Å². The molecule has 0 aliphatic rings. The molecule has 0 spiro atoms. The Labute approximate surface area is 135 Å². The molecule has 132 valence electrons. The van der Waals surface area contributed by atoms with Crippen LogP contribution in [0, 0.1) is 5.41 Å². The standard InChI is InChI=1S/C17H35NO4/c1-15(2,3)17(6,7)21-12-9-16(4,5)22-13-14(19)20-11-8-10-18/h8-13,18H2,1-7H3. The van der Waals surface area contributed by atoms with E-state index < -0.39 is 5.60 Å². The van der Waals surface area contributed by atoms with E-state index in [2.05, 4.69) is 34.6 Å². The first kappa shape index (κ1) is 21.4. The van der Waals surface area contributed by atoms with Gasteiger partial charge in [0.2, 0.25) is 0 Å². The molecule has 0 bridgehead atoms. The highest BCUT2D eigenvalue weighted by Gasteiger charge is 2.34. The van der Waals surface area contributed by atoms with Crippen molar-refractivity contribution in [2.75, 3.05) is 26.4 Å². The molecule has 0 saturated carbocycles. The summed E-state index contributed by atoms with van der Waals surface area (Å²) in [5.74, 6) is -0.350. The van der Waals surface area contributed by atoms with Gasteiger partial charge in [0.25, 0.3) is 0 Å².